The van der Waals surface area contributed by atoms with E-state index < -0.39 is 18.0 Å². The maximum Gasteiger partial charge on any atom is 0.573 e. The van der Waals surface area contributed by atoms with Crippen molar-refractivity contribution < 1.29 is 27.4 Å². The smallest absolute Gasteiger partial charge is 0.495 e. The second kappa shape index (κ2) is 12.5. The summed E-state index contributed by atoms with van der Waals surface area (Å²) in [7, 11) is 3.63. The van der Waals surface area contributed by atoms with Crippen LogP contribution in [0, 0.1) is 0 Å². The number of aromatic nitrogens is 4. The van der Waals surface area contributed by atoms with E-state index in [4.69, 9.17) is 15.6 Å². The average molecular weight is 625 g/mol. The number of carbonyl (C=O) groups excluding carboxylic acids is 1. The zero-order valence-electron chi connectivity index (χ0n) is 25.0. The molecule has 0 bridgehead atoms. The molecule has 2 aromatic carbocycles. The Kier molecular flexibility index (Phi) is 8.51. The number of alkyl halides is 3. The van der Waals surface area contributed by atoms with Crippen LogP contribution < -0.4 is 20.5 Å². The number of nitrogens with two attached hydrogens (primary N) is 1. The zero-order chi connectivity index (χ0) is 31.7. The summed E-state index contributed by atoms with van der Waals surface area (Å²) in [5, 5.41) is 8.35. The van der Waals surface area contributed by atoms with Crippen molar-refractivity contribution in [3.8, 4) is 22.8 Å². The van der Waals surface area contributed by atoms with Gasteiger partial charge in [-0.1, -0.05) is 12.1 Å². The second-order valence-electron chi connectivity index (χ2n) is 11.5. The summed E-state index contributed by atoms with van der Waals surface area (Å²) in [5.74, 6) is -0.486. The minimum atomic E-state index is -4.87. The number of nitrogens with one attached hydrogen (secondary N) is 1. The van der Waals surface area contributed by atoms with Crippen LogP contribution in [0.5, 0.6) is 11.5 Å². The van der Waals surface area contributed by atoms with E-state index in [9.17, 15) is 18.0 Å². The van der Waals surface area contributed by atoms with E-state index in [1.165, 1.54) is 25.6 Å². The van der Waals surface area contributed by atoms with E-state index in [0.29, 0.717) is 45.6 Å². The van der Waals surface area contributed by atoms with Crippen LogP contribution in [0.1, 0.15) is 42.1 Å². The third-order valence-corrected chi connectivity index (χ3v) is 8.64. The van der Waals surface area contributed by atoms with Gasteiger partial charge in [-0.25, -0.2) is 14.6 Å². The number of ether oxygens (including phenoxy) is 2. The Bertz CT molecular complexity index is 1680. The lowest BCUT2D eigenvalue weighted by Crippen LogP contribution is -2.49. The lowest BCUT2D eigenvalue weighted by molar-refractivity contribution is -0.274. The van der Waals surface area contributed by atoms with E-state index >= 15 is 0 Å². The highest BCUT2D eigenvalue weighted by molar-refractivity contribution is 6.06. The fourth-order valence-electron chi connectivity index (χ4n) is 6.28. The molecule has 2 aromatic heterocycles. The SMILES string of the molecule is COc1cc(-c2nn([C@H]3CC[C@@H](N4CCN(C)CC4)CC3)c3ncnc(N)c23)ccc1NC(=O)c1cccc(OC(F)(F)F)c1. The van der Waals surface area contributed by atoms with Crippen LogP contribution in [0.25, 0.3) is 22.3 Å². The summed E-state index contributed by atoms with van der Waals surface area (Å²) < 4.78 is 49.5. The van der Waals surface area contributed by atoms with Gasteiger partial charge in [-0.2, -0.15) is 5.10 Å². The topological polar surface area (TPSA) is 124 Å². The molecule has 0 radical (unpaired) electrons. The number of hydrogen-bond acceptors (Lipinski definition) is 9. The maximum absolute atomic E-state index is 12.9. The van der Waals surface area contributed by atoms with Crippen molar-refractivity contribution in [1.29, 1.82) is 0 Å². The molecule has 1 aliphatic carbocycles. The first-order valence-corrected chi connectivity index (χ1v) is 14.9. The number of likely N-dealkylation sites (N-methyl/N-ethyl adjacent to an activating group) is 1. The molecule has 238 valence electrons. The van der Waals surface area contributed by atoms with Crippen LogP contribution >= 0.6 is 0 Å². The normalized spacial score (nSPS) is 19.8. The van der Waals surface area contributed by atoms with Crippen molar-refractivity contribution >= 4 is 28.4 Å². The molecule has 4 aromatic rings. The molecule has 1 saturated carbocycles. The Balaban J connectivity index is 1.24. The van der Waals surface area contributed by atoms with Crippen molar-refractivity contribution in [1.82, 2.24) is 29.5 Å². The van der Waals surface area contributed by atoms with E-state index in [-0.39, 0.29) is 11.6 Å². The Labute approximate surface area is 258 Å². The van der Waals surface area contributed by atoms with Crippen molar-refractivity contribution in [2.45, 2.75) is 44.1 Å². The summed E-state index contributed by atoms with van der Waals surface area (Å²) >= 11 is 0. The number of amides is 1. The van der Waals surface area contributed by atoms with Gasteiger partial charge in [-0.3, -0.25) is 9.69 Å². The molecule has 0 atom stereocenters. The third kappa shape index (κ3) is 6.66. The number of rotatable bonds is 7. The van der Waals surface area contributed by atoms with E-state index in [0.717, 1.165) is 64.0 Å². The molecule has 45 heavy (non-hydrogen) atoms. The van der Waals surface area contributed by atoms with Crippen LogP contribution in [0.4, 0.5) is 24.7 Å². The first-order chi connectivity index (χ1) is 21.6. The van der Waals surface area contributed by atoms with Gasteiger partial charge in [0, 0.05) is 43.3 Å². The first-order valence-electron chi connectivity index (χ1n) is 14.9. The molecule has 3 heterocycles. The molecule has 6 rings (SSSR count). The number of fused-ring (bicyclic) bond motifs is 1. The van der Waals surface area contributed by atoms with Gasteiger partial charge in [0.15, 0.2) is 5.65 Å². The van der Waals surface area contributed by atoms with Gasteiger partial charge in [-0.05, 0) is 63.1 Å². The number of methoxy groups -OCH3 is 1. The Morgan fingerprint density at radius 2 is 1.73 bits per heavy atom. The number of piperazine rings is 1. The summed E-state index contributed by atoms with van der Waals surface area (Å²) in [5.41, 5.74) is 8.62. The second-order valence-corrected chi connectivity index (χ2v) is 11.5. The van der Waals surface area contributed by atoms with Crippen LogP contribution in [-0.2, 0) is 0 Å². The van der Waals surface area contributed by atoms with Gasteiger partial charge in [-0.15, -0.1) is 13.2 Å². The number of anilines is 2. The minimum Gasteiger partial charge on any atom is -0.495 e. The van der Waals surface area contributed by atoms with Crippen LogP contribution in [0.2, 0.25) is 0 Å². The highest BCUT2D eigenvalue weighted by Crippen LogP contribution is 2.39. The summed E-state index contributed by atoms with van der Waals surface area (Å²) in [4.78, 5) is 26.7. The van der Waals surface area contributed by atoms with Crippen LogP contribution in [-0.4, -0.2) is 88.2 Å². The first kappa shape index (κ1) is 30.6. The Morgan fingerprint density at radius 3 is 2.44 bits per heavy atom. The highest BCUT2D eigenvalue weighted by Gasteiger charge is 2.32. The predicted molar refractivity (Wildman–Crippen MR) is 163 cm³/mol. The van der Waals surface area contributed by atoms with Crippen LogP contribution in [0.3, 0.4) is 0 Å². The number of nitrogen functional groups attached to an aromatic ring is 1. The Morgan fingerprint density at radius 1 is 1.00 bits per heavy atom. The minimum absolute atomic E-state index is 0.0140. The summed E-state index contributed by atoms with van der Waals surface area (Å²) in [6, 6.07) is 10.7. The van der Waals surface area contributed by atoms with Crippen molar-refractivity contribution in [2.24, 2.45) is 0 Å². The van der Waals surface area contributed by atoms with Crippen LogP contribution in [0.15, 0.2) is 48.8 Å². The fourth-order valence-corrected chi connectivity index (χ4v) is 6.28. The molecule has 3 N–H and O–H groups in total. The third-order valence-electron chi connectivity index (χ3n) is 8.64. The van der Waals surface area contributed by atoms with E-state index in [2.05, 4.69) is 36.9 Å². The molecule has 2 aliphatic rings. The maximum atomic E-state index is 12.9. The molecular weight excluding hydrogens is 589 g/mol. The molecule has 1 amide bonds. The van der Waals surface area contributed by atoms with Gasteiger partial charge >= 0.3 is 6.36 Å². The van der Waals surface area contributed by atoms with Gasteiger partial charge in [0.25, 0.3) is 5.91 Å². The Hall–Kier alpha value is -4.43. The monoisotopic (exact) mass is 624 g/mol. The summed E-state index contributed by atoms with van der Waals surface area (Å²) in [6.07, 6.45) is 0.687. The van der Waals surface area contributed by atoms with Gasteiger partial charge in [0.05, 0.1) is 24.2 Å². The molecule has 1 saturated heterocycles. The number of carbonyl (C=O) groups is 1. The van der Waals surface area contributed by atoms with Crippen molar-refractivity contribution in [2.75, 3.05) is 51.4 Å². The van der Waals surface area contributed by atoms with Gasteiger partial charge < -0.3 is 25.4 Å². The number of nitrogens with zero attached hydrogens (tertiary/aromatic N) is 6. The average Bonchev–Trinajstić information content (AvgIpc) is 3.42. The number of hydrogen-bond donors (Lipinski definition) is 2. The summed E-state index contributed by atoms with van der Waals surface area (Å²) in [6.45, 7) is 4.39. The molecular formula is C31H35F3N8O3. The fraction of sp³-hybridized carbons (Fsp3) is 0.419. The zero-order valence-corrected chi connectivity index (χ0v) is 25.0. The number of benzene rings is 2. The van der Waals surface area contributed by atoms with Gasteiger partial charge in [0.2, 0.25) is 0 Å². The highest BCUT2D eigenvalue weighted by atomic mass is 19.4. The lowest BCUT2D eigenvalue weighted by Gasteiger charge is -2.41. The lowest BCUT2D eigenvalue weighted by atomic mass is 9.90. The van der Waals surface area contributed by atoms with Crippen molar-refractivity contribution in [3.63, 3.8) is 0 Å². The standard InChI is InChI=1S/C31H35F3N8O3/c1-40-12-14-41(15-13-40)21-7-9-22(10-8-21)42-29-26(28(35)36-18-37-29)27(39-42)19-6-11-24(25(17-19)44-2)38-30(43)20-4-3-5-23(16-20)45-31(32,33)34/h3-6,11,16-18,21-22H,7-10,12-15H2,1-2H3,(H,38,43)(H2,35,36,37)/t21-,22+. The van der Waals surface area contributed by atoms with Crippen molar-refractivity contribution in [3.05, 3.63) is 54.4 Å². The quantitative estimate of drug-likeness (QED) is 0.294. The number of halogens is 3. The predicted octanol–water partition coefficient (Wildman–Crippen LogP) is 4.97. The molecule has 2 fully saturated rings. The molecule has 0 spiro atoms. The van der Waals surface area contributed by atoms with Gasteiger partial charge in [0.1, 0.15) is 29.3 Å². The van der Waals surface area contributed by atoms with E-state index in [1.54, 1.807) is 18.2 Å². The molecule has 11 nitrogen and oxygen atoms in total. The van der Waals surface area contributed by atoms with E-state index in [1.807, 2.05) is 4.68 Å². The molecule has 1 aliphatic heterocycles. The molecule has 0 unspecified atom stereocenters. The molecule has 14 heteroatoms. The largest absolute Gasteiger partial charge is 0.573 e.